The smallest absolute Gasteiger partial charge is 0.270 e. The summed E-state index contributed by atoms with van der Waals surface area (Å²) < 4.78 is 4.41. The van der Waals surface area contributed by atoms with Crippen LogP contribution >= 0.6 is 0 Å². The highest BCUT2D eigenvalue weighted by Crippen LogP contribution is 2.33. The van der Waals surface area contributed by atoms with Gasteiger partial charge in [0.05, 0.1) is 16.6 Å². The number of nitrogens with zero attached hydrogens (tertiary/aromatic N) is 3. The first-order valence-electron chi connectivity index (χ1n) is 9.38. The van der Waals surface area contributed by atoms with Crippen molar-refractivity contribution in [1.29, 1.82) is 0 Å². The molecule has 0 saturated carbocycles. The molecule has 25 heavy (non-hydrogen) atoms. The molecule has 0 aliphatic carbocycles. The topological polar surface area (TPSA) is 30.2 Å². The number of fused-ring (bicyclic) bond motifs is 3. The maximum atomic E-state index is 13.2. The maximum absolute atomic E-state index is 13.2. The van der Waals surface area contributed by atoms with Gasteiger partial charge >= 0.3 is 0 Å². The Kier molecular flexibility index (Phi) is 4.89. The first kappa shape index (κ1) is 17.6. The summed E-state index contributed by atoms with van der Waals surface area (Å²) >= 11 is 0. The average Bonchev–Trinajstić information content (AvgIpc) is 3.12. The molecule has 0 aliphatic rings. The molecule has 0 bridgehead atoms. The molecule has 4 nitrogen and oxygen atoms in total. The lowest BCUT2D eigenvalue weighted by Crippen LogP contribution is -2.33. The summed E-state index contributed by atoms with van der Waals surface area (Å²) in [5.74, 6) is 0.143. The summed E-state index contributed by atoms with van der Waals surface area (Å²) in [7, 11) is 2.08. The van der Waals surface area contributed by atoms with Gasteiger partial charge in [0.15, 0.2) is 0 Å². The number of carbonyl (C=O) groups excluding carboxylic acids is 1. The number of aromatic nitrogens is 2. The number of benzene rings is 1. The van der Waals surface area contributed by atoms with Crippen molar-refractivity contribution in [1.82, 2.24) is 14.0 Å². The molecule has 3 aromatic rings. The largest absolute Gasteiger partial charge is 0.342 e. The van der Waals surface area contributed by atoms with Crippen LogP contribution in [0.3, 0.4) is 0 Å². The van der Waals surface area contributed by atoms with Crippen molar-refractivity contribution in [3.63, 3.8) is 0 Å². The van der Waals surface area contributed by atoms with Crippen LogP contribution in [0.2, 0.25) is 0 Å². The third-order valence-electron chi connectivity index (χ3n) is 5.08. The normalized spacial score (nSPS) is 11.8. The van der Waals surface area contributed by atoms with Gasteiger partial charge in [0.25, 0.3) is 5.91 Å². The lowest BCUT2D eigenvalue weighted by Gasteiger charge is -2.23. The predicted octanol–water partition coefficient (Wildman–Crippen LogP) is 4.98. The van der Waals surface area contributed by atoms with Gasteiger partial charge in [-0.15, -0.1) is 0 Å². The fourth-order valence-corrected chi connectivity index (χ4v) is 3.75. The average molecular weight is 339 g/mol. The number of aryl methyl sites for hydroxylation is 1. The Morgan fingerprint density at radius 3 is 2.52 bits per heavy atom. The van der Waals surface area contributed by atoms with Gasteiger partial charge in [-0.2, -0.15) is 0 Å². The van der Waals surface area contributed by atoms with Gasteiger partial charge in [-0.25, -0.2) is 0 Å². The highest BCUT2D eigenvalue weighted by atomic mass is 16.2. The predicted molar refractivity (Wildman–Crippen MR) is 105 cm³/mol. The molecular weight excluding hydrogens is 310 g/mol. The molecule has 3 rings (SSSR count). The van der Waals surface area contributed by atoms with E-state index in [9.17, 15) is 4.79 Å². The number of unbranched alkanes of at least 4 members (excludes halogenated alkanes) is 1. The summed E-state index contributed by atoms with van der Waals surface area (Å²) in [4.78, 5) is 15.2. The molecule has 134 valence electrons. The molecule has 0 N–H and O–H groups in total. The van der Waals surface area contributed by atoms with Crippen molar-refractivity contribution in [2.45, 2.75) is 46.6 Å². The van der Waals surface area contributed by atoms with E-state index in [1.54, 1.807) is 0 Å². The van der Waals surface area contributed by atoms with E-state index in [4.69, 9.17) is 0 Å². The third-order valence-corrected chi connectivity index (χ3v) is 5.08. The highest BCUT2D eigenvalue weighted by Gasteiger charge is 2.24. The van der Waals surface area contributed by atoms with E-state index >= 15 is 0 Å². The van der Waals surface area contributed by atoms with Gasteiger partial charge in [0.2, 0.25) is 0 Å². The maximum Gasteiger partial charge on any atom is 0.270 e. The lowest BCUT2D eigenvalue weighted by molar-refractivity contribution is 0.0750. The molecule has 0 atom stereocenters. The van der Waals surface area contributed by atoms with Crippen LogP contribution < -0.4 is 0 Å². The second-order valence-electron chi connectivity index (χ2n) is 7.04. The lowest BCUT2D eigenvalue weighted by atomic mass is 10.2. The quantitative estimate of drug-likeness (QED) is 0.623. The van der Waals surface area contributed by atoms with Crippen LogP contribution in [-0.4, -0.2) is 33.0 Å². The van der Waals surface area contributed by atoms with Crippen LogP contribution in [0.1, 0.15) is 57.1 Å². The van der Waals surface area contributed by atoms with Crippen molar-refractivity contribution >= 4 is 27.8 Å². The molecular formula is C21H29N3O. The Hall–Kier alpha value is -2.23. The summed E-state index contributed by atoms with van der Waals surface area (Å²) in [6.45, 7) is 10.1. The number of para-hydroxylation sites is 1. The minimum Gasteiger partial charge on any atom is -0.342 e. The van der Waals surface area contributed by atoms with Crippen molar-refractivity contribution in [2.75, 3.05) is 13.1 Å². The molecule has 1 aromatic carbocycles. The monoisotopic (exact) mass is 339 g/mol. The molecule has 0 radical (unpaired) electrons. The molecule has 0 aliphatic heterocycles. The van der Waals surface area contributed by atoms with Gasteiger partial charge < -0.3 is 14.0 Å². The molecule has 1 amide bonds. The zero-order valence-corrected chi connectivity index (χ0v) is 16.0. The van der Waals surface area contributed by atoms with Gasteiger partial charge in [-0.1, -0.05) is 31.5 Å². The molecule has 2 heterocycles. The van der Waals surface area contributed by atoms with Gasteiger partial charge in [-0.05, 0) is 39.3 Å². The molecule has 4 heteroatoms. The van der Waals surface area contributed by atoms with E-state index in [0.717, 1.165) is 37.1 Å². The van der Waals surface area contributed by atoms with Crippen LogP contribution in [0.5, 0.6) is 0 Å². The number of hydrogen-bond acceptors (Lipinski definition) is 1. The first-order valence-corrected chi connectivity index (χ1v) is 9.38. The summed E-state index contributed by atoms with van der Waals surface area (Å²) in [6.07, 6.45) is 2.14. The van der Waals surface area contributed by atoms with Gasteiger partial charge in [0.1, 0.15) is 5.69 Å². The number of rotatable bonds is 6. The molecule has 0 saturated heterocycles. The number of hydrogen-bond donors (Lipinski definition) is 0. The van der Waals surface area contributed by atoms with Gasteiger partial charge in [-0.3, -0.25) is 4.79 Å². The Morgan fingerprint density at radius 2 is 1.88 bits per heavy atom. The van der Waals surface area contributed by atoms with Crippen LogP contribution in [0.15, 0.2) is 30.3 Å². The van der Waals surface area contributed by atoms with Crippen LogP contribution in [0.4, 0.5) is 0 Å². The standard InChI is InChI=1S/C21H29N3O/c1-6-8-13-23(7-2)21(25)19-14-18-20(24(19)15(3)4)16-11-9-10-12-17(16)22(18)5/h9-12,14-15H,6-8,13H2,1-5H3. The Morgan fingerprint density at radius 1 is 1.16 bits per heavy atom. The van der Waals surface area contributed by atoms with E-state index in [-0.39, 0.29) is 11.9 Å². The highest BCUT2D eigenvalue weighted by molar-refractivity contribution is 6.10. The van der Waals surface area contributed by atoms with Crippen molar-refractivity contribution < 1.29 is 4.79 Å². The molecule has 0 fully saturated rings. The minimum absolute atomic E-state index is 0.143. The SMILES string of the molecule is CCCCN(CC)C(=O)c1cc2c(c3ccccc3n2C)n1C(C)C. The first-order chi connectivity index (χ1) is 12.0. The van der Waals surface area contributed by atoms with E-state index in [0.29, 0.717) is 0 Å². The zero-order valence-electron chi connectivity index (χ0n) is 16.0. The van der Waals surface area contributed by atoms with Crippen LogP contribution in [0.25, 0.3) is 21.9 Å². The van der Waals surface area contributed by atoms with E-state index in [1.165, 1.54) is 16.4 Å². The van der Waals surface area contributed by atoms with E-state index in [2.05, 4.69) is 74.2 Å². The minimum atomic E-state index is 0.143. The third kappa shape index (κ3) is 2.84. The Labute approximate surface area is 150 Å². The van der Waals surface area contributed by atoms with E-state index < -0.39 is 0 Å². The summed E-state index contributed by atoms with van der Waals surface area (Å²) in [5, 5.41) is 1.21. The van der Waals surface area contributed by atoms with Crippen LogP contribution in [-0.2, 0) is 7.05 Å². The molecule has 0 unspecified atom stereocenters. The van der Waals surface area contributed by atoms with E-state index in [1.807, 2.05) is 4.90 Å². The zero-order chi connectivity index (χ0) is 18.1. The second-order valence-corrected chi connectivity index (χ2v) is 7.04. The van der Waals surface area contributed by atoms with Gasteiger partial charge in [0, 0.05) is 31.6 Å². The summed E-state index contributed by atoms with van der Waals surface area (Å²) in [6, 6.07) is 10.7. The Balaban J connectivity index is 2.20. The fourth-order valence-electron chi connectivity index (χ4n) is 3.75. The van der Waals surface area contributed by atoms with Crippen molar-refractivity contribution in [3.05, 3.63) is 36.0 Å². The fraction of sp³-hybridized carbons (Fsp3) is 0.476. The number of carbonyl (C=O) groups is 1. The second kappa shape index (κ2) is 6.95. The summed E-state index contributed by atoms with van der Waals surface area (Å²) in [5.41, 5.74) is 4.31. The van der Waals surface area contributed by atoms with Crippen molar-refractivity contribution in [3.8, 4) is 0 Å². The molecule has 2 aromatic heterocycles. The molecule has 0 spiro atoms. The number of amides is 1. The van der Waals surface area contributed by atoms with Crippen molar-refractivity contribution in [2.24, 2.45) is 7.05 Å². The van der Waals surface area contributed by atoms with Crippen LogP contribution in [0, 0.1) is 0 Å². The Bertz CT molecular complexity index is 901.